The van der Waals surface area contributed by atoms with Gasteiger partial charge in [0.2, 0.25) is 0 Å². The maximum Gasteiger partial charge on any atom is 0.273 e. The second-order valence-corrected chi connectivity index (χ2v) is 9.17. The van der Waals surface area contributed by atoms with Crippen molar-refractivity contribution in [2.45, 2.75) is 39.3 Å². The van der Waals surface area contributed by atoms with Crippen LogP contribution < -0.4 is 26.4 Å². The van der Waals surface area contributed by atoms with Gasteiger partial charge in [-0.3, -0.25) is 19.3 Å². The number of rotatable bonds is 8. The predicted octanol–water partition coefficient (Wildman–Crippen LogP) is 3.12. The Bertz CT molecular complexity index is 1170. The molecular formula is C23H27N5O5S. The van der Waals surface area contributed by atoms with Crippen LogP contribution in [0.5, 0.6) is 5.75 Å². The molecule has 3 amide bonds. The fourth-order valence-electron chi connectivity index (χ4n) is 3.25. The number of nitrogens with zero attached hydrogens (tertiary/aromatic N) is 2. The molecule has 0 bridgehead atoms. The molecule has 0 saturated carbocycles. The molecule has 2 heterocycles. The lowest BCUT2D eigenvalue weighted by atomic mass is 10.1. The molecule has 2 aromatic heterocycles. The quantitative estimate of drug-likeness (QED) is 0.443. The molecular weight excluding hydrogens is 458 g/mol. The molecule has 3 rings (SSSR count). The first kappa shape index (κ1) is 24.8. The monoisotopic (exact) mass is 485 g/mol. The van der Waals surface area contributed by atoms with Crippen LogP contribution in [-0.4, -0.2) is 34.2 Å². The average Bonchev–Trinajstić information content (AvgIpc) is 3.41. The van der Waals surface area contributed by atoms with Crippen LogP contribution in [0.15, 0.2) is 47.1 Å². The molecule has 10 nitrogen and oxygen atoms in total. The zero-order chi connectivity index (χ0) is 25.0. The fraction of sp³-hybridized carbons (Fsp3) is 0.304. The Morgan fingerprint density at radius 1 is 1.21 bits per heavy atom. The molecule has 3 aromatic rings. The Morgan fingerprint density at radius 2 is 1.88 bits per heavy atom. The number of nitrogens with two attached hydrogens (primary N) is 2. The molecule has 5 N–H and O–H groups in total. The topological polar surface area (TPSA) is 154 Å². The lowest BCUT2D eigenvalue weighted by Gasteiger charge is -2.32. The van der Waals surface area contributed by atoms with Gasteiger partial charge in [-0.2, -0.15) is 4.37 Å². The molecule has 0 fully saturated rings. The number of hydrogen-bond donors (Lipinski definition) is 3. The molecule has 11 heteroatoms. The summed E-state index contributed by atoms with van der Waals surface area (Å²) in [6, 6.07) is 8.71. The number of aromatic nitrogens is 1. The second-order valence-electron chi connectivity index (χ2n) is 8.40. The first-order valence-electron chi connectivity index (χ1n) is 10.5. The predicted molar refractivity (Wildman–Crippen MR) is 129 cm³/mol. The molecule has 1 atom stereocenters. The minimum absolute atomic E-state index is 0.0252. The zero-order valence-corrected chi connectivity index (χ0v) is 20.1. The lowest BCUT2D eigenvalue weighted by Crippen LogP contribution is -2.49. The molecule has 180 valence electrons. The average molecular weight is 486 g/mol. The number of ether oxygens (including phenoxy) is 1. The third-order valence-corrected chi connectivity index (χ3v) is 5.47. The Hall–Kier alpha value is -3.86. The highest BCUT2D eigenvalue weighted by atomic mass is 32.1. The normalized spacial score (nSPS) is 12.1. The summed E-state index contributed by atoms with van der Waals surface area (Å²) in [4.78, 5) is 40.2. The smallest absolute Gasteiger partial charge is 0.273 e. The van der Waals surface area contributed by atoms with E-state index in [1.807, 2.05) is 27.7 Å². The summed E-state index contributed by atoms with van der Waals surface area (Å²) in [6.45, 7) is 7.81. The van der Waals surface area contributed by atoms with Crippen LogP contribution in [0.3, 0.4) is 0 Å². The standard InChI is InChI=1S/C23H27N5O5S/c1-5-32-14-10-8-13(9-11-14)28(22(31)19-16(24)17(20(25)29)27-34-19)18(15-7-6-12-33-15)21(30)26-23(2,3)4/h6-12,18H,5,24H2,1-4H3,(H2,25,29)(H,26,30)/t18-/m1/s1. The van der Waals surface area contributed by atoms with Crippen molar-refractivity contribution in [3.8, 4) is 5.75 Å². The van der Waals surface area contributed by atoms with Crippen molar-refractivity contribution in [2.75, 3.05) is 17.2 Å². The molecule has 0 aliphatic carbocycles. The van der Waals surface area contributed by atoms with E-state index in [1.54, 1.807) is 36.4 Å². The molecule has 0 aliphatic heterocycles. The minimum atomic E-state index is -1.18. The van der Waals surface area contributed by atoms with E-state index in [0.717, 1.165) is 11.5 Å². The van der Waals surface area contributed by atoms with Gasteiger partial charge in [0.15, 0.2) is 11.7 Å². The number of carbonyl (C=O) groups excluding carboxylic acids is 3. The van der Waals surface area contributed by atoms with E-state index in [9.17, 15) is 14.4 Å². The summed E-state index contributed by atoms with van der Waals surface area (Å²) in [5.74, 6) is -1.13. The largest absolute Gasteiger partial charge is 0.494 e. The number of hydrogen-bond acceptors (Lipinski definition) is 8. The van der Waals surface area contributed by atoms with Gasteiger partial charge in [-0.05, 0) is 75.6 Å². The van der Waals surface area contributed by atoms with Crippen molar-refractivity contribution < 1.29 is 23.5 Å². The molecule has 34 heavy (non-hydrogen) atoms. The van der Waals surface area contributed by atoms with Crippen molar-refractivity contribution in [1.29, 1.82) is 0 Å². The molecule has 0 aliphatic rings. The summed E-state index contributed by atoms with van der Waals surface area (Å²) in [6.07, 6.45) is 1.42. The summed E-state index contributed by atoms with van der Waals surface area (Å²) in [5, 5.41) is 2.90. The lowest BCUT2D eigenvalue weighted by molar-refractivity contribution is -0.124. The maximum atomic E-state index is 13.8. The minimum Gasteiger partial charge on any atom is -0.494 e. The Morgan fingerprint density at radius 3 is 2.38 bits per heavy atom. The van der Waals surface area contributed by atoms with Gasteiger partial charge < -0.3 is 25.9 Å². The van der Waals surface area contributed by atoms with Gasteiger partial charge in [0.05, 0.1) is 18.6 Å². The van der Waals surface area contributed by atoms with Gasteiger partial charge in [-0.15, -0.1) is 0 Å². The number of furan rings is 1. The van der Waals surface area contributed by atoms with Crippen molar-refractivity contribution in [1.82, 2.24) is 9.69 Å². The fourth-order valence-corrected chi connectivity index (χ4v) is 3.99. The molecule has 1 aromatic carbocycles. The summed E-state index contributed by atoms with van der Waals surface area (Å²) >= 11 is 0.732. The third-order valence-electron chi connectivity index (χ3n) is 4.62. The van der Waals surface area contributed by atoms with Crippen LogP contribution in [0.4, 0.5) is 11.4 Å². The number of anilines is 2. The molecule has 0 saturated heterocycles. The summed E-state index contributed by atoms with van der Waals surface area (Å²) < 4.78 is 15.0. The summed E-state index contributed by atoms with van der Waals surface area (Å²) in [7, 11) is 0. The van der Waals surface area contributed by atoms with Crippen molar-refractivity contribution in [2.24, 2.45) is 5.73 Å². The van der Waals surface area contributed by atoms with E-state index in [-0.39, 0.29) is 22.0 Å². The van der Waals surface area contributed by atoms with E-state index in [1.165, 1.54) is 11.2 Å². The van der Waals surface area contributed by atoms with Crippen LogP contribution in [0, 0.1) is 0 Å². The zero-order valence-electron chi connectivity index (χ0n) is 19.3. The maximum absolute atomic E-state index is 13.8. The Balaban J connectivity index is 2.17. The highest BCUT2D eigenvalue weighted by Gasteiger charge is 2.38. The number of primary amides is 1. The third kappa shape index (κ3) is 5.37. The number of amides is 3. The van der Waals surface area contributed by atoms with Gasteiger partial charge in [0, 0.05) is 11.2 Å². The number of benzene rings is 1. The molecule has 0 radical (unpaired) electrons. The van der Waals surface area contributed by atoms with Gasteiger partial charge in [0.1, 0.15) is 16.4 Å². The SMILES string of the molecule is CCOc1ccc(N(C(=O)c2snc(C(N)=O)c2N)[C@@H](C(=O)NC(C)(C)C)c2ccco2)cc1. The van der Waals surface area contributed by atoms with Gasteiger partial charge >= 0.3 is 0 Å². The van der Waals surface area contributed by atoms with Crippen molar-refractivity contribution in [3.05, 3.63) is 59.0 Å². The van der Waals surface area contributed by atoms with Gasteiger partial charge in [-0.1, -0.05) is 0 Å². The first-order chi connectivity index (χ1) is 16.0. The van der Waals surface area contributed by atoms with Gasteiger partial charge in [-0.25, -0.2) is 0 Å². The van der Waals surface area contributed by atoms with Gasteiger partial charge in [0.25, 0.3) is 17.7 Å². The second kappa shape index (κ2) is 9.96. The van der Waals surface area contributed by atoms with E-state index >= 15 is 0 Å². The Labute approximate surface area is 201 Å². The van der Waals surface area contributed by atoms with Crippen molar-refractivity contribution >= 4 is 40.6 Å². The number of nitrogens with one attached hydrogen (secondary N) is 1. The number of nitrogen functional groups attached to an aromatic ring is 1. The van der Waals surface area contributed by atoms with Crippen LogP contribution in [-0.2, 0) is 4.79 Å². The van der Waals surface area contributed by atoms with Crippen LogP contribution in [0.1, 0.15) is 59.7 Å². The molecule has 0 unspecified atom stereocenters. The molecule has 0 spiro atoms. The first-order valence-corrected chi connectivity index (χ1v) is 11.3. The van der Waals surface area contributed by atoms with Crippen LogP contribution in [0.2, 0.25) is 0 Å². The van der Waals surface area contributed by atoms with Crippen LogP contribution >= 0.6 is 11.5 Å². The number of carbonyl (C=O) groups is 3. The highest BCUT2D eigenvalue weighted by molar-refractivity contribution is 7.09. The van der Waals surface area contributed by atoms with E-state index in [2.05, 4.69) is 9.69 Å². The van der Waals surface area contributed by atoms with Crippen LogP contribution in [0.25, 0.3) is 0 Å². The van der Waals surface area contributed by atoms with E-state index in [0.29, 0.717) is 18.0 Å². The highest BCUT2D eigenvalue weighted by Crippen LogP contribution is 2.34. The van der Waals surface area contributed by atoms with Crippen molar-refractivity contribution in [3.63, 3.8) is 0 Å². The van der Waals surface area contributed by atoms with E-state index in [4.69, 9.17) is 20.6 Å². The Kier molecular flexibility index (Phi) is 7.26. The van der Waals surface area contributed by atoms with E-state index < -0.39 is 29.3 Å². The summed E-state index contributed by atoms with van der Waals surface area (Å²) in [5.41, 5.74) is 10.8.